The molecular weight excluding hydrogens is 328 g/mol. The Labute approximate surface area is 132 Å². The Morgan fingerprint density at radius 1 is 1.17 bits per heavy atom. The highest BCUT2D eigenvalue weighted by atomic mass is 32.2. The number of carbonyl (C=O) groups is 1. The van der Waals surface area contributed by atoms with Crippen LogP contribution >= 0.6 is 0 Å². The van der Waals surface area contributed by atoms with Crippen LogP contribution in [0.25, 0.3) is 0 Å². The molecule has 0 saturated heterocycles. The number of hydrogen-bond acceptors (Lipinski definition) is 4. The zero-order valence-electron chi connectivity index (χ0n) is 12.5. The van der Waals surface area contributed by atoms with E-state index < -0.39 is 32.5 Å². The lowest BCUT2D eigenvalue weighted by atomic mass is 10.2. The first-order valence-electron chi connectivity index (χ1n) is 6.75. The van der Waals surface area contributed by atoms with Gasteiger partial charge in [-0.25, -0.2) is 21.9 Å². The zero-order valence-corrected chi connectivity index (χ0v) is 13.3. The van der Waals surface area contributed by atoms with Gasteiger partial charge in [-0.1, -0.05) is 0 Å². The highest BCUT2D eigenvalue weighted by Gasteiger charge is 2.23. The molecule has 1 aromatic carbocycles. The Morgan fingerprint density at radius 3 is 2.48 bits per heavy atom. The first kappa shape index (κ1) is 17.1. The molecule has 0 radical (unpaired) electrons. The maximum absolute atomic E-state index is 13.6. The SMILES string of the molecule is Cc1ccc(CCC(=O)NS(=O)(=O)c2cc(C)c(F)cc2F)o1. The van der Waals surface area contributed by atoms with Gasteiger partial charge in [-0.15, -0.1) is 0 Å². The van der Waals surface area contributed by atoms with Crippen molar-refractivity contribution < 1.29 is 26.4 Å². The number of amides is 1. The first-order valence-corrected chi connectivity index (χ1v) is 8.24. The van der Waals surface area contributed by atoms with Crippen LogP contribution in [-0.4, -0.2) is 14.3 Å². The number of furan rings is 1. The maximum atomic E-state index is 13.6. The molecule has 0 fully saturated rings. The molecule has 0 unspecified atom stereocenters. The molecule has 0 atom stereocenters. The van der Waals surface area contributed by atoms with Crippen molar-refractivity contribution in [2.24, 2.45) is 0 Å². The molecule has 0 saturated carbocycles. The van der Waals surface area contributed by atoms with E-state index in [2.05, 4.69) is 0 Å². The highest BCUT2D eigenvalue weighted by molar-refractivity contribution is 7.90. The molecule has 5 nitrogen and oxygen atoms in total. The first-order chi connectivity index (χ1) is 10.7. The molecule has 0 bridgehead atoms. The van der Waals surface area contributed by atoms with Gasteiger partial charge in [0, 0.05) is 18.9 Å². The largest absolute Gasteiger partial charge is 0.466 e. The summed E-state index contributed by atoms with van der Waals surface area (Å²) in [6.07, 6.45) is 0.0636. The van der Waals surface area contributed by atoms with Gasteiger partial charge in [0.25, 0.3) is 10.0 Å². The quantitative estimate of drug-likeness (QED) is 0.905. The summed E-state index contributed by atoms with van der Waals surface area (Å²) in [7, 11) is -4.40. The van der Waals surface area contributed by atoms with Gasteiger partial charge in [-0.05, 0) is 37.6 Å². The third-order valence-electron chi connectivity index (χ3n) is 3.15. The number of aryl methyl sites for hydroxylation is 3. The Morgan fingerprint density at radius 2 is 1.87 bits per heavy atom. The predicted molar refractivity (Wildman–Crippen MR) is 78.2 cm³/mol. The predicted octanol–water partition coefficient (Wildman–Crippen LogP) is 2.61. The van der Waals surface area contributed by atoms with E-state index in [1.165, 1.54) is 6.92 Å². The summed E-state index contributed by atoms with van der Waals surface area (Å²) < 4.78 is 57.9. The lowest BCUT2D eigenvalue weighted by Gasteiger charge is -2.09. The number of benzene rings is 1. The van der Waals surface area contributed by atoms with E-state index in [1.807, 2.05) is 0 Å². The molecule has 8 heteroatoms. The van der Waals surface area contributed by atoms with E-state index in [0.717, 1.165) is 6.07 Å². The van der Waals surface area contributed by atoms with E-state index in [-0.39, 0.29) is 18.4 Å². The topological polar surface area (TPSA) is 76.4 Å². The second kappa shape index (κ2) is 6.49. The molecule has 23 heavy (non-hydrogen) atoms. The summed E-state index contributed by atoms with van der Waals surface area (Å²) >= 11 is 0. The van der Waals surface area contributed by atoms with Gasteiger partial charge in [0.1, 0.15) is 28.1 Å². The van der Waals surface area contributed by atoms with Gasteiger partial charge in [-0.3, -0.25) is 4.79 Å². The van der Waals surface area contributed by atoms with Crippen LogP contribution in [0.2, 0.25) is 0 Å². The smallest absolute Gasteiger partial charge is 0.266 e. The fourth-order valence-electron chi connectivity index (χ4n) is 1.95. The molecule has 0 aliphatic carbocycles. The van der Waals surface area contributed by atoms with E-state index in [0.29, 0.717) is 17.6 Å². The van der Waals surface area contributed by atoms with Crippen molar-refractivity contribution >= 4 is 15.9 Å². The molecule has 2 aromatic rings. The van der Waals surface area contributed by atoms with Crippen LogP contribution < -0.4 is 4.72 Å². The minimum absolute atomic E-state index is 0.0368. The van der Waals surface area contributed by atoms with Gasteiger partial charge < -0.3 is 4.42 Å². The lowest BCUT2D eigenvalue weighted by molar-refractivity contribution is -0.119. The van der Waals surface area contributed by atoms with Crippen LogP contribution in [0.1, 0.15) is 23.5 Å². The van der Waals surface area contributed by atoms with Crippen molar-refractivity contribution in [2.75, 3.05) is 0 Å². The van der Waals surface area contributed by atoms with Crippen LogP contribution in [0.5, 0.6) is 0 Å². The summed E-state index contributed by atoms with van der Waals surface area (Å²) in [5.41, 5.74) is -0.0368. The number of rotatable bonds is 5. The normalized spacial score (nSPS) is 11.5. The zero-order chi connectivity index (χ0) is 17.2. The summed E-state index contributed by atoms with van der Waals surface area (Å²) in [6, 6.07) is 4.72. The molecule has 1 amide bonds. The molecule has 1 N–H and O–H groups in total. The Hall–Kier alpha value is -2.22. The van der Waals surface area contributed by atoms with E-state index in [9.17, 15) is 22.0 Å². The molecule has 0 aliphatic rings. The lowest BCUT2D eigenvalue weighted by Crippen LogP contribution is -2.31. The average molecular weight is 343 g/mol. The van der Waals surface area contributed by atoms with Gasteiger partial charge in [0.15, 0.2) is 0 Å². The molecule has 1 heterocycles. The van der Waals surface area contributed by atoms with Crippen LogP contribution in [0, 0.1) is 25.5 Å². The minimum Gasteiger partial charge on any atom is -0.466 e. The van der Waals surface area contributed by atoms with Gasteiger partial charge in [0.2, 0.25) is 5.91 Å². The number of halogens is 2. The van der Waals surface area contributed by atoms with Crippen LogP contribution in [-0.2, 0) is 21.2 Å². The van der Waals surface area contributed by atoms with E-state index in [4.69, 9.17) is 4.42 Å². The fourth-order valence-corrected chi connectivity index (χ4v) is 3.11. The van der Waals surface area contributed by atoms with Crippen molar-refractivity contribution in [1.29, 1.82) is 0 Å². The summed E-state index contributed by atoms with van der Waals surface area (Å²) in [4.78, 5) is 11.0. The molecular formula is C15H15F2NO4S. The maximum Gasteiger partial charge on any atom is 0.266 e. The van der Waals surface area contributed by atoms with Gasteiger partial charge in [-0.2, -0.15) is 0 Å². The van der Waals surface area contributed by atoms with Crippen LogP contribution in [0.4, 0.5) is 8.78 Å². The van der Waals surface area contributed by atoms with Crippen LogP contribution in [0.3, 0.4) is 0 Å². The van der Waals surface area contributed by atoms with Crippen molar-refractivity contribution in [3.8, 4) is 0 Å². The van der Waals surface area contributed by atoms with Crippen molar-refractivity contribution in [3.63, 3.8) is 0 Å². The van der Waals surface area contributed by atoms with Crippen molar-refractivity contribution in [3.05, 3.63) is 53.0 Å². The molecule has 124 valence electrons. The molecule has 0 aliphatic heterocycles. The van der Waals surface area contributed by atoms with Crippen LogP contribution in [0.15, 0.2) is 33.6 Å². The summed E-state index contributed by atoms with van der Waals surface area (Å²) in [5.74, 6) is -1.70. The number of hydrogen-bond donors (Lipinski definition) is 1. The second-order valence-corrected chi connectivity index (χ2v) is 6.72. The minimum atomic E-state index is -4.40. The highest BCUT2D eigenvalue weighted by Crippen LogP contribution is 2.19. The molecule has 2 rings (SSSR count). The summed E-state index contributed by atoms with van der Waals surface area (Å²) in [6.45, 7) is 3.04. The second-order valence-electron chi connectivity index (χ2n) is 5.07. The molecule has 0 spiro atoms. The Balaban J connectivity index is 2.08. The fraction of sp³-hybridized carbons (Fsp3) is 0.267. The average Bonchev–Trinajstić information content (AvgIpc) is 2.85. The summed E-state index contributed by atoms with van der Waals surface area (Å²) in [5, 5.41) is 0. The Bertz CT molecular complexity index is 843. The van der Waals surface area contributed by atoms with Gasteiger partial charge in [0.05, 0.1) is 0 Å². The number of sulfonamides is 1. The van der Waals surface area contributed by atoms with Crippen molar-refractivity contribution in [1.82, 2.24) is 4.72 Å². The number of carbonyl (C=O) groups excluding carboxylic acids is 1. The van der Waals surface area contributed by atoms with Crippen molar-refractivity contribution in [2.45, 2.75) is 31.6 Å². The third kappa shape index (κ3) is 4.16. The standard InChI is InChI=1S/C15H15F2NO4S/c1-9-7-14(13(17)8-12(9)16)23(20,21)18-15(19)6-5-11-4-3-10(2)22-11/h3-4,7-8H,5-6H2,1-2H3,(H,18,19). The molecule has 1 aromatic heterocycles. The number of nitrogens with one attached hydrogen (secondary N) is 1. The van der Waals surface area contributed by atoms with E-state index >= 15 is 0 Å². The monoisotopic (exact) mass is 343 g/mol. The van der Waals surface area contributed by atoms with E-state index in [1.54, 1.807) is 23.8 Å². The van der Waals surface area contributed by atoms with Gasteiger partial charge >= 0.3 is 0 Å². The Kier molecular flexibility index (Phi) is 4.84. The third-order valence-corrected chi connectivity index (χ3v) is 4.53.